The van der Waals surface area contributed by atoms with Crippen LogP contribution in [0.4, 0.5) is 0 Å². The van der Waals surface area contributed by atoms with Crippen molar-refractivity contribution in [1.82, 2.24) is 9.97 Å². The topological polar surface area (TPSA) is 25.8 Å². The van der Waals surface area contributed by atoms with E-state index in [-0.39, 0.29) is 0 Å². The maximum atomic E-state index is 4.59. The molecule has 0 aliphatic heterocycles. The van der Waals surface area contributed by atoms with E-state index in [1.807, 2.05) is 11.3 Å². The Morgan fingerprint density at radius 2 is 1.54 bits per heavy atom. The van der Waals surface area contributed by atoms with E-state index in [2.05, 4.69) is 43.1 Å². The van der Waals surface area contributed by atoms with E-state index in [4.69, 9.17) is 0 Å². The van der Waals surface area contributed by atoms with Crippen LogP contribution in [0.5, 0.6) is 0 Å². The molecule has 0 aliphatic rings. The minimum atomic E-state index is -2.31. The van der Waals surface area contributed by atoms with Crippen molar-refractivity contribution in [2.24, 2.45) is 0 Å². The van der Waals surface area contributed by atoms with Crippen LogP contribution in [0.25, 0.3) is 10.2 Å². The molecule has 24 heavy (non-hydrogen) atoms. The standard InChI is InChI=1S/C7H5N2S2.3C4H9.Sn/c1-10-6-5-2-3-11-7(5)9-4-8-6;3*1-3-4-2;/h2,4H,1H3;3*1,3-4H2,2H3;. The van der Waals surface area contributed by atoms with Crippen molar-refractivity contribution in [3.63, 3.8) is 0 Å². The van der Waals surface area contributed by atoms with Crippen LogP contribution >= 0.6 is 23.1 Å². The van der Waals surface area contributed by atoms with Crippen LogP contribution in [0, 0.1) is 0 Å². The molecule has 0 spiro atoms. The molecule has 0 N–H and O–H groups in total. The van der Waals surface area contributed by atoms with Gasteiger partial charge in [0.2, 0.25) is 0 Å². The maximum absolute atomic E-state index is 4.59. The molecule has 2 aromatic rings. The molecule has 0 saturated carbocycles. The molecule has 0 amide bonds. The van der Waals surface area contributed by atoms with Gasteiger partial charge >= 0.3 is 161 Å². The van der Waals surface area contributed by atoms with Crippen molar-refractivity contribution in [1.29, 1.82) is 0 Å². The van der Waals surface area contributed by atoms with Crippen LogP contribution in [-0.4, -0.2) is 34.6 Å². The number of hydrogen-bond donors (Lipinski definition) is 0. The van der Waals surface area contributed by atoms with E-state index in [1.165, 1.54) is 62.1 Å². The molecule has 0 saturated heterocycles. The van der Waals surface area contributed by atoms with Gasteiger partial charge in [-0.05, 0) is 0 Å². The quantitative estimate of drug-likeness (QED) is 0.214. The van der Waals surface area contributed by atoms with E-state index < -0.39 is 18.4 Å². The van der Waals surface area contributed by atoms with E-state index in [9.17, 15) is 0 Å². The summed E-state index contributed by atoms with van der Waals surface area (Å²) in [6.45, 7) is 7.04. The summed E-state index contributed by atoms with van der Waals surface area (Å²) in [5.74, 6) is 0. The number of thiophene rings is 1. The van der Waals surface area contributed by atoms with Crippen molar-refractivity contribution in [2.75, 3.05) is 6.26 Å². The molecule has 2 nitrogen and oxygen atoms in total. The predicted molar refractivity (Wildman–Crippen MR) is 114 cm³/mol. The first-order chi connectivity index (χ1) is 11.7. The van der Waals surface area contributed by atoms with Crippen LogP contribution in [0.3, 0.4) is 0 Å². The second kappa shape index (κ2) is 10.4. The molecule has 5 heteroatoms. The predicted octanol–water partition coefficient (Wildman–Crippen LogP) is 6.47. The second-order valence-corrected chi connectivity index (χ2v) is 22.8. The summed E-state index contributed by atoms with van der Waals surface area (Å²) in [5.41, 5.74) is 0. The number of hydrogen-bond acceptors (Lipinski definition) is 4. The fourth-order valence-corrected chi connectivity index (χ4v) is 24.2. The number of fused-ring (bicyclic) bond motifs is 1. The van der Waals surface area contributed by atoms with E-state index in [0.29, 0.717) is 0 Å². The Morgan fingerprint density at radius 3 is 2.04 bits per heavy atom. The van der Waals surface area contributed by atoms with Crippen LogP contribution in [-0.2, 0) is 0 Å². The molecule has 0 aliphatic carbocycles. The molecule has 134 valence electrons. The third-order valence-electron chi connectivity index (χ3n) is 5.04. The van der Waals surface area contributed by atoms with Gasteiger partial charge in [0.05, 0.1) is 0 Å². The van der Waals surface area contributed by atoms with E-state index in [0.717, 1.165) is 5.03 Å². The van der Waals surface area contributed by atoms with Gasteiger partial charge in [0.15, 0.2) is 0 Å². The number of unbranched alkanes of at least 4 members (excludes halogenated alkanes) is 3. The van der Waals surface area contributed by atoms with Crippen molar-refractivity contribution in [3.8, 4) is 0 Å². The van der Waals surface area contributed by atoms with Gasteiger partial charge in [-0.15, -0.1) is 0 Å². The first-order valence-corrected chi connectivity index (χ1v) is 19.0. The summed E-state index contributed by atoms with van der Waals surface area (Å²) in [7, 11) is 0. The van der Waals surface area contributed by atoms with Gasteiger partial charge in [0.1, 0.15) is 0 Å². The third kappa shape index (κ3) is 4.88. The summed E-state index contributed by atoms with van der Waals surface area (Å²) < 4.78 is 6.35. The van der Waals surface area contributed by atoms with E-state index in [1.54, 1.807) is 21.0 Å². The molecule has 0 radical (unpaired) electrons. The van der Waals surface area contributed by atoms with Crippen LogP contribution < -0.4 is 2.89 Å². The Kier molecular flexibility index (Phi) is 8.85. The Labute approximate surface area is 160 Å². The summed E-state index contributed by atoms with van der Waals surface area (Å²) in [4.78, 5) is 10.3. The van der Waals surface area contributed by atoms with Gasteiger partial charge in [-0.1, -0.05) is 0 Å². The number of thioether (sulfide) groups is 1. The monoisotopic (exact) mass is 472 g/mol. The average Bonchev–Trinajstić information content (AvgIpc) is 3.06. The summed E-state index contributed by atoms with van der Waals surface area (Å²) in [5, 5.41) is 2.47. The molecule has 0 aromatic carbocycles. The summed E-state index contributed by atoms with van der Waals surface area (Å²) in [6.07, 6.45) is 12.1. The first-order valence-electron chi connectivity index (χ1n) is 9.49. The number of nitrogens with zero attached hydrogens (tertiary/aromatic N) is 2. The molecule has 0 bridgehead atoms. The molecule has 0 unspecified atom stereocenters. The third-order valence-corrected chi connectivity index (χ3v) is 25.0. The van der Waals surface area contributed by atoms with Gasteiger partial charge in [0.25, 0.3) is 0 Å². The van der Waals surface area contributed by atoms with Crippen molar-refractivity contribution in [3.05, 3.63) is 12.4 Å². The number of rotatable bonds is 11. The zero-order chi connectivity index (χ0) is 17.4. The van der Waals surface area contributed by atoms with Gasteiger partial charge in [-0.25, -0.2) is 0 Å². The van der Waals surface area contributed by atoms with Gasteiger partial charge < -0.3 is 0 Å². The summed E-state index contributed by atoms with van der Waals surface area (Å²) >= 11 is 1.45. The normalized spacial score (nSPS) is 12.2. The van der Waals surface area contributed by atoms with Crippen molar-refractivity contribution >= 4 is 54.6 Å². The minimum absolute atomic E-state index is 1.16. The molecule has 2 aromatic heterocycles. The second-order valence-electron chi connectivity index (χ2n) is 6.80. The Hall–Kier alpha value is 0.189. The average molecular weight is 471 g/mol. The molecular weight excluding hydrogens is 439 g/mol. The SMILES string of the molecule is CCC[CH2][Sn]([CH2]CCC)([CH2]CCC)[c]1cc2c(SC)ncnc2s1. The van der Waals surface area contributed by atoms with Gasteiger partial charge in [-0.2, -0.15) is 0 Å². The first kappa shape index (κ1) is 20.5. The Bertz CT molecular complexity index is 605. The zero-order valence-corrected chi connectivity index (χ0v) is 20.2. The van der Waals surface area contributed by atoms with Gasteiger partial charge in [-0.3, -0.25) is 0 Å². The van der Waals surface area contributed by atoms with Crippen LogP contribution in [0.15, 0.2) is 17.4 Å². The van der Waals surface area contributed by atoms with Crippen molar-refractivity contribution < 1.29 is 0 Å². The zero-order valence-electron chi connectivity index (χ0n) is 15.7. The molecule has 2 heterocycles. The Morgan fingerprint density at radius 1 is 0.958 bits per heavy atom. The van der Waals surface area contributed by atoms with Gasteiger partial charge in [0, 0.05) is 0 Å². The fourth-order valence-electron chi connectivity index (χ4n) is 3.55. The number of aromatic nitrogens is 2. The Balaban J connectivity index is 2.46. The van der Waals surface area contributed by atoms with Crippen molar-refractivity contribution in [2.45, 2.75) is 77.6 Å². The van der Waals surface area contributed by atoms with Crippen LogP contribution in [0.1, 0.15) is 59.3 Å². The molecule has 2 rings (SSSR count). The fraction of sp³-hybridized carbons (Fsp3) is 0.684. The molecular formula is C19H32N2S2Sn. The molecule has 0 atom stereocenters. The summed E-state index contributed by atoms with van der Waals surface area (Å²) in [6, 6.07) is 2.52. The van der Waals surface area contributed by atoms with Crippen LogP contribution in [0.2, 0.25) is 13.3 Å². The molecule has 0 fully saturated rings. The van der Waals surface area contributed by atoms with E-state index >= 15 is 0 Å².